The molecular weight excluding hydrogens is 352 g/mol. The lowest BCUT2D eigenvalue weighted by atomic mass is 10.1. The SMILES string of the molecule is Cc1c(NC(=O)N2CCN[C@H]3CS(=O)(=O)C[C@H]32)cccc1N1CCCC1. The van der Waals surface area contributed by atoms with Crippen LogP contribution in [-0.2, 0) is 9.84 Å². The number of rotatable bonds is 2. The molecule has 3 fully saturated rings. The Hall–Kier alpha value is -1.80. The van der Waals surface area contributed by atoms with E-state index in [4.69, 9.17) is 0 Å². The number of hydrogen-bond acceptors (Lipinski definition) is 5. The lowest BCUT2D eigenvalue weighted by Gasteiger charge is -2.37. The van der Waals surface area contributed by atoms with Crippen LogP contribution < -0.4 is 15.5 Å². The second kappa shape index (κ2) is 6.74. The largest absolute Gasteiger partial charge is 0.371 e. The summed E-state index contributed by atoms with van der Waals surface area (Å²) in [5.41, 5.74) is 3.03. The summed E-state index contributed by atoms with van der Waals surface area (Å²) in [6.45, 7) is 5.28. The monoisotopic (exact) mass is 378 g/mol. The number of benzene rings is 1. The first-order valence-electron chi connectivity index (χ1n) is 9.30. The smallest absolute Gasteiger partial charge is 0.322 e. The molecule has 3 heterocycles. The zero-order valence-electron chi connectivity index (χ0n) is 15.1. The molecule has 2 atom stereocenters. The molecule has 3 aliphatic rings. The molecule has 1 aromatic carbocycles. The third-order valence-electron chi connectivity index (χ3n) is 5.74. The maximum atomic E-state index is 12.9. The van der Waals surface area contributed by atoms with Crippen molar-refractivity contribution < 1.29 is 13.2 Å². The van der Waals surface area contributed by atoms with Gasteiger partial charge >= 0.3 is 6.03 Å². The minimum absolute atomic E-state index is 0.0465. The van der Waals surface area contributed by atoms with Gasteiger partial charge in [-0.3, -0.25) is 0 Å². The molecule has 3 aliphatic heterocycles. The Morgan fingerprint density at radius 3 is 2.73 bits per heavy atom. The number of amides is 2. The number of carbonyl (C=O) groups is 1. The fourth-order valence-corrected chi connectivity index (χ4v) is 6.32. The van der Waals surface area contributed by atoms with Crippen LogP contribution in [0.2, 0.25) is 0 Å². The van der Waals surface area contributed by atoms with E-state index in [9.17, 15) is 13.2 Å². The fourth-order valence-electron chi connectivity index (χ4n) is 4.37. The molecule has 0 bridgehead atoms. The molecule has 0 saturated carbocycles. The number of nitrogens with zero attached hydrogens (tertiary/aromatic N) is 2. The van der Waals surface area contributed by atoms with Crippen molar-refractivity contribution in [2.75, 3.05) is 47.9 Å². The van der Waals surface area contributed by atoms with Gasteiger partial charge in [0.15, 0.2) is 9.84 Å². The number of piperazine rings is 1. The molecule has 0 unspecified atom stereocenters. The normalized spacial score (nSPS) is 27.4. The lowest BCUT2D eigenvalue weighted by Crippen LogP contribution is -2.59. The summed E-state index contributed by atoms with van der Waals surface area (Å²) in [5, 5.41) is 6.26. The zero-order chi connectivity index (χ0) is 18.3. The Kier molecular flexibility index (Phi) is 4.56. The van der Waals surface area contributed by atoms with E-state index in [0.29, 0.717) is 13.1 Å². The molecule has 1 aromatic rings. The summed E-state index contributed by atoms with van der Waals surface area (Å²) in [4.78, 5) is 16.9. The van der Waals surface area contributed by atoms with Crippen molar-refractivity contribution in [2.24, 2.45) is 0 Å². The number of fused-ring (bicyclic) bond motifs is 1. The number of nitrogens with one attached hydrogen (secondary N) is 2. The molecule has 3 saturated heterocycles. The maximum absolute atomic E-state index is 12.9. The summed E-state index contributed by atoms with van der Waals surface area (Å²) in [5.74, 6) is 0.163. The highest BCUT2D eigenvalue weighted by Gasteiger charge is 2.44. The van der Waals surface area contributed by atoms with Crippen LogP contribution in [0.25, 0.3) is 0 Å². The minimum Gasteiger partial charge on any atom is -0.371 e. The predicted octanol–water partition coefficient (Wildman–Crippen LogP) is 1.20. The molecule has 0 radical (unpaired) electrons. The van der Waals surface area contributed by atoms with E-state index >= 15 is 0 Å². The summed E-state index contributed by atoms with van der Waals surface area (Å²) < 4.78 is 23.9. The highest BCUT2D eigenvalue weighted by Crippen LogP contribution is 2.30. The molecule has 8 heteroatoms. The van der Waals surface area contributed by atoms with Crippen molar-refractivity contribution in [2.45, 2.75) is 31.8 Å². The number of urea groups is 1. The molecule has 0 spiro atoms. The van der Waals surface area contributed by atoms with E-state index in [2.05, 4.69) is 21.6 Å². The zero-order valence-corrected chi connectivity index (χ0v) is 15.9. The molecule has 2 amide bonds. The highest BCUT2D eigenvalue weighted by molar-refractivity contribution is 7.91. The molecule has 4 rings (SSSR count). The standard InChI is InChI=1S/C18H26N4O3S/c1-13-14(5-4-6-16(13)21-8-2-3-9-21)20-18(23)22-10-7-19-15-11-26(24,25)12-17(15)22/h4-6,15,17,19H,2-3,7-12H2,1H3,(H,20,23)/t15-,17+/m0/s1. The summed E-state index contributed by atoms with van der Waals surface area (Å²) in [6.07, 6.45) is 2.41. The van der Waals surface area contributed by atoms with Crippen molar-refractivity contribution in [3.63, 3.8) is 0 Å². The van der Waals surface area contributed by atoms with Crippen LogP contribution in [0.5, 0.6) is 0 Å². The van der Waals surface area contributed by atoms with Crippen LogP contribution in [-0.4, -0.2) is 69.1 Å². The van der Waals surface area contributed by atoms with Crippen LogP contribution in [0, 0.1) is 6.92 Å². The Morgan fingerprint density at radius 2 is 1.96 bits per heavy atom. The Bertz CT molecular complexity index is 805. The van der Waals surface area contributed by atoms with Crippen molar-refractivity contribution in [3.8, 4) is 0 Å². The van der Waals surface area contributed by atoms with E-state index < -0.39 is 9.84 Å². The number of anilines is 2. The minimum atomic E-state index is -3.08. The number of hydrogen-bond donors (Lipinski definition) is 2. The van der Waals surface area contributed by atoms with E-state index in [1.54, 1.807) is 4.90 Å². The third kappa shape index (κ3) is 3.27. The molecule has 0 aromatic heterocycles. The molecule has 7 nitrogen and oxygen atoms in total. The molecule has 0 aliphatic carbocycles. The van der Waals surface area contributed by atoms with Gasteiger partial charge in [0.1, 0.15) is 0 Å². The molecule has 2 N–H and O–H groups in total. The Balaban J connectivity index is 1.52. The molecule has 142 valence electrons. The van der Waals surface area contributed by atoms with Gasteiger partial charge in [-0.05, 0) is 37.5 Å². The summed E-state index contributed by atoms with van der Waals surface area (Å²) in [7, 11) is -3.08. The average molecular weight is 378 g/mol. The van der Waals surface area contributed by atoms with Gasteiger partial charge < -0.3 is 20.4 Å². The predicted molar refractivity (Wildman–Crippen MR) is 103 cm³/mol. The van der Waals surface area contributed by atoms with Crippen LogP contribution in [0.4, 0.5) is 16.2 Å². The first-order chi connectivity index (χ1) is 12.4. The van der Waals surface area contributed by atoms with E-state index in [0.717, 1.165) is 24.3 Å². The van der Waals surface area contributed by atoms with Crippen LogP contribution in [0.15, 0.2) is 18.2 Å². The van der Waals surface area contributed by atoms with Gasteiger partial charge in [-0.1, -0.05) is 6.07 Å². The maximum Gasteiger partial charge on any atom is 0.322 e. The Labute approximate surface area is 154 Å². The van der Waals surface area contributed by atoms with Gasteiger partial charge in [-0.15, -0.1) is 0 Å². The van der Waals surface area contributed by atoms with Gasteiger partial charge in [0.2, 0.25) is 0 Å². The highest BCUT2D eigenvalue weighted by atomic mass is 32.2. The Morgan fingerprint density at radius 1 is 1.19 bits per heavy atom. The van der Waals surface area contributed by atoms with Crippen LogP contribution >= 0.6 is 0 Å². The number of carbonyl (C=O) groups excluding carboxylic acids is 1. The number of sulfone groups is 1. The first-order valence-corrected chi connectivity index (χ1v) is 11.1. The van der Waals surface area contributed by atoms with E-state index in [1.807, 2.05) is 19.1 Å². The summed E-state index contributed by atoms with van der Waals surface area (Å²) in [6, 6.07) is 5.34. The molecular formula is C18H26N4O3S. The van der Waals surface area contributed by atoms with Gasteiger partial charge in [0, 0.05) is 43.6 Å². The van der Waals surface area contributed by atoms with Crippen molar-refractivity contribution >= 4 is 27.2 Å². The lowest BCUT2D eigenvalue weighted by molar-refractivity contribution is 0.163. The van der Waals surface area contributed by atoms with E-state index in [1.165, 1.54) is 18.5 Å². The van der Waals surface area contributed by atoms with Crippen molar-refractivity contribution in [1.82, 2.24) is 10.2 Å². The average Bonchev–Trinajstić information content (AvgIpc) is 3.22. The van der Waals surface area contributed by atoms with Crippen molar-refractivity contribution in [3.05, 3.63) is 23.8 Å². The van der Waals surface area contributed by atoms with Gasteiger partial charge in [0.25, 0.3) is 0 Å². The van der Waals surface area contributed by atoms with Gasteiger partial charge in [0.05, 0.1) is 17.5 Å². The first kappa shape index (κ1) is 17.6. The second-order valence-corrected chi connectivity index (χ2v) is 9.63. The molecule has 26 heavy (non-hydrogen) atoms. The van der Waals surface area contributed by atoms with Gasteiger partial charge in [-0.2, -0.15) is 0 Å². The van der Waals surface area contributed by atoms with Crippen LogP contribution in [0.1, 0.15) is 18.4 Å². The topological polar surface area (TPSA) is 81.8 Å². The third-order valence-corrected chi connectivity index (χ3v) is 7.45. The van der Waals surface area contributed by atoms with Crippen molar-refractivity contribution in [1.29, 1.82) is 0 Å². The van der Waals surface area contributed by atoms with Gasteiger partial charge in [-0.25, -0.2) is 13.2 Å². The summed E-state index contributed by atoms with van der Waals surface area (Å²) >= 11 is 0. The fraction of sp³-hybridized carbons (Fsp3) is 0.611. The second-order valence-electron chi connectivity index (χ2n) is 7.47. The van der Waals surface area contributed by atoms with E-state index in [-0.39, 0.29) is 29.6 Å². The quantitative estimate of drug-likeness (QED) is 0.808. The van der Waals surface area contributed by atoms with Crippen LogP contribution in [0.3, 0.4) is 0 Å².